The molecular formula is C25H19ClFN3O3S. The van der Waals surface area contributed by atoms with Gasteiger partial charge in [0.15, 0.2) is 5.17 Å². The van der Waals surface area contributed by atoms with Gasteiger partial charge in [-0.15, -0.1) is 0 Å². The lowest BCUT2D eigenvalue weighted by atomic mass is 10.2. The predicted molar refractivity (Wildman–Crippen MR) is 135 cm³/mol. The Bertz CT molecular complexity index is 1280. The van der Waals surface area contributed by atoms with Gasteiger partial charge in [0.2, 0.25) is 5.91 Å². The van der Waals surface area contributed by atoms with E-state index in [0.717, 1.165) is 17.3 Å². The molecule has 0 saturated carbocycles. The largest absolute Gasteiger partial charge is 0.495 e. The molecule has 1 aliphatic heterocycles. The Labute approximate surface area is 205 Å². The molecule has 0 unspecified atom stereocenters. The van der Waals surface area contributed by atoms with Crippen LogP contribution in [-0.2, 0) is 9.59 Å². The highest BCUT2D eigenvalue weighted by molar-refractivity contribution is 8.14. The number of carbonyl (C=O) groups is 2. The first-order chi connectivity index (χ1) is 16.4. The number of methoxy groups -OCH3 is 1. The van der Waals surface area contributed by atoms with Gasteiger partial charge in [0.05, 0.1) is 24.2 Å². The van der Waals surface area contributed by atoms with Gasteiger partial charge in [-0.25, -0.2) is 9.38 Å². The van der Waals surface area contributed by atoms with Gasteiger partial charge in [-0.3, -0.25) is 14.5 Å². The minimum atomic E-state index is -0.420. The molecule has 1 heterocycles. The van der Waals surface area contributed by atoms with E-state index in [1.807, 2.05) is 30.3 Å². The van der Waals surface area contributed by atoms with Crippen LogP contribution in [0.2, 0.25) is 5.02 Å². The second-order valence-electron chi connectivity index (χ2n) is 7.13. The first-order valence-electron chi connectivity index (χ1n) is 10.2. The van der Waals surface area contributed by atoms with Gasteiger partial charge < -0.3 is 10.1 Å². The fourth-order valence-corrected chi connectivity index (χ4v) is 4.20. The van der Waals surface area contributed by atoms with Gasteiger partial charge in [0, 0.05) is 5.02 Å². The van der Waals surface area contributed by atoms with Crippen molar-refractivity contribution >= 4 is 57.8 Å². The first kappa shape index (κ1) is 23.5. The SMILES string of the molecule is COc1ccc(Cl)cc1NC(=O)CSC1=N/C(=C/c2ccccc2)C(=O)N1c1ccc(F)cc1. The number of nitrogens with zero attached hydrogens (tertiary/aromatic N) is 2. The molecule has 0 aromatic heterocycles. The number of amidine groups is 1. The van der Waals surface area contributed by atoms with Gasteiger partial charge in [-0.1, -0.05) is 53.7 Å². The molecular weight excluding hydrogens is 477 g/mol. The first-order valence-corrected chi connectivity index (χ1v) is 11.5. The van der Waals surface area contributed by atoms with Gasteiger partial charge in [-0.05, 0) is 54.1 Å². The number of rotatable bonds is 6. The van der Waals surface area contributed by atoms with Gasteiger partial charge in [-0.2, -0.15) is 0 Å². The van der Waals surface area contributed by atoms with E-state index in [9.17, 15) is 14.0 Å². The Morgan fingerprint density at radius 3 is 2.59 bits per heavy atom. The van der Waals surface area contributed by atoms with Crippen molar-refractivity contribution in [3.8, 4) is 5.75 Å². The van der Waals surface area contributed by atoms with E-state index >= 15 is 0 Å². The number of anilines is 2. The van der Waals surface area contributed by atoms with Crippen LogP contribution >= 0.6 is 23.4 Å². The second kappa shape index (κ2) is 10.5. The molecule has 3 aromatic rings. The molecule has 0 atom stereocenters. The van der Waals surface area contributed by atoms with Gasteiger partial charge in [0.25, 0.3) is 5.91 Å². The monoisotopic (exact) mass is 495 g/mol. The number of halogens is 2. The lowest BCUT2D eigenvalue weighted by molar-refractivity contribution is -0.114. The van der Waals surface area contributed by atoms with Crippen LogP contribution in [0.15, 0.2) is 83.5 Å². The van der Waals surface area contributed by atoms with Crippen molar-refractivity contribution in [1.29, 1.82) is 0 Å². The Kier molecular flexibility index (Phi) is 7.30. The summed E-state index contributed by atoms with van der Waals surface area (Å²) >= 11 is 7.12. The number of amides is 2. The van der Waals surface area contributed by atoms with Crippen LogP contribution in [0.4, 0.5) is 15.8 Å². The molecule has 0 aliphatic carbocycles. The number of aliphatic imine (C=N–C) groups is 1. The number of benzene rings is 3. The number of hydrogen-bond acceptors (Lipinski definition) is 5. The molecule has 0 bridgehead atoms. The van der Waals surface area contributed by atoms with E-state index < -0.39 is 5.82 Å². The summed E-state index contributed by atoms with van der Waals surface area (Å²) < 4.78 is 18.7. The van der Waals surface area contributed by atoms with E-state index in [4.69, 9.17) is 16.3 Å². The Morgan fingerprint density at radius 2 is 1.88 bits per heavy atom. The van der Waals surface area contributed by atoms with Crippen LogP contribution in [0, 0.1) is 5.82 Å². The molecule has 0 spiro atoms. The smallest absolute Gasteiger partial charge is 0.283 e. The highest BCUT2D eigenvalue weighted by Crippen LogP contribution is 2.31. The van der Waals surface area contributed by atoms with Crippen LogP contribution in [-0.4, -0.2) is 29.8 Å². The summed E-state index contributed by atoms with van der Waals surface area (Å²) in [4.78, 5) is 31.6. The van der Waals surface area contributed by atoms with Crippen molar-refractivity contribution in [1.82, 2.24) is 0 Å². The van der Waals surface area contributed by atoms with Gasteiger partial charge in [0.1, 0.15) is 17.3 Å². The standard InChI is InChI=1S/C25H19ClFN3O3S/c1-33-22-12-7-17(26)14-20(22)28-23(31)15-34-25-29-21(13-16-5-3-2-4-6-16)24(32)30(25)19-10-8-18(27)9-11-19/h2-14H,15H2,1H3,(H,28,31)/b21-13+. The Morgan fingerprint density at radius 1 is 1.15 bits per heavy atom. The van der Waals surface area contributed by atoms with Gasteiger partial charge >= 0.3 is 0 Å². The summed E-state index contributed by atoms with van der Waals surface area (Å²) in [6.07, 6.45) is 1.67. The van der Waals surface area contributed by atoms with E-state index in [1.165, 1.54) is 36.3 Å². The van der Waals surface area contributed by atoms with E-state index in [-0.39, 0.29) is 23.3 Å². The number of hydrogen-bond donors (Lipinski definition) is 1. The summed E-state index contributed by atoms with van der Waals surface area (Å²) in [6, 6.07) is 19.7. The molecule has 0 radical (unpaired) electrons. The van der Waals surface area contributed by atoms with Crippen LogP contribution in [0.25, 0.3) is 6.08 Å². The molecule has 4 rings (SSSR count). The zero-order valence-corrected chi connectivity index (χ0v) is 19.6. The second-order valence-corrected chi connectivity index (χ2v) is 8.51. The topological polar surface area (TPSA) is 71.0 Å². The van der Waals surface area contributed by atoms with Crippen molar-refractivity contribution in [3.63, 3.8) is 0 Å². The summed E-state index contributed by atoms with van der Waals surface area (Å²) in [6.45, 7) is 0. The fraction of sp³-hybridized carbons (Fsp3) is 0.0800. The molecule has 34 heavy (non-hydrogen) atoms. The number of ether oxygens (including phenoxy) is 1. The van der Waals surface area contributed by atoms with E-state index in [1.54, 1.807) is 24.3 Å². The van der Waals surface area contributed by atoms with Crippen molar-refractivity contribution in [2.24, 2.45) is 4.99 Å². The molecule has 0 saturated heterocycles. The third kappa shape index (κ3) is 5.47. The van der Waals surface area contributed by atoms with Crippen LogP contribution < -0.4 is 15.0 Å². The maximum Gasteiger partial charge on any atom is 0.283 e. The summed E-state index contributed by atoms with van der Waals surface area (Å²) in [5, 5.41) is 3.52. The predicted octanol–water partition coefficient (Wildman–Crippen LogP) is 5.60. The Balaban J connectivity index is 1.56. The molecule has 9 heteroatoms. The van der Waals surface area contributed by atoms with E-state index in [2.05, 4.69) is 10.3 Å². The van der Waals surface area contributed by atoms with Crippen molar-refractivity contribution in [3.05, 3.63) is 94.9 Å². The third-order valence-corrected chi connectivity index (χ3v) is 5.96. The fourth-order valence-electron chi connectivity index (χ4n) is 3.21. The number of thioether (sulfide) groups is 1. The average molecular weight is 496 g/mol. The molecule has 0 fully saturated rings. The summed E-state index contributed by atoms with van der Waals surface area (Å²) in [5.74, 6) is -0.679. The van der Waals surface area contributed by atoms with Crippen LogP contribution in [0.3, 0.4) is 0 Å². The normalized spacial score (nSPS) is 14.3. The molecule has 172 valence electrons. The lowest BCUT2D eigenvalue weighted by Gasteiger charge is -2.18. The average Bonchev–Trinajstić information content (AvgIpc) is 3.14. The molecule has 3 aromatic carbocycles. The molecule has 1 aliphatic rings. The van der Waals surface area contributed by atoms with Crippen LogP contribution in [0.5, 0.6) is 5.75 Å². The number of nitrogens with one attached hydrogen (secondary N) is 1. The minimum Gasteiger partial charge on any atom is -0.495 e. The maximum absolute atomic E-state index is 13.5. The summed E-state index contributed by atoms with van der Waals surface area (Å²) in [5.41, 5.74) is 1.91. The Hall–Kier alpha value is -3.62. The highest BCUT2D eigenvalue weighted by atomic mass is 35.5. The zero-order chi connectivity index (χ0) is 24.1. The van der Waals surface area contributed by atoms with Crippen molar-refractivity contribution < 1.29 is 18.7 Å². The van der Waals surface area contributed by atoms with Crippen LogP contribution in [0.1, 0.15) is 5.56 Å². The van der Waals surface area contributed by atoms with E-state index in [0.29, 0.717) is 27.3 Å². The third-order valence-electron chi connectivity index (χ3n) is 4.79. The lowest BCUT2D eigenvalue weighted by Crippen LogP contribution is -2.31. The van der Waals surface area contributed by atoms with Crippen molar-refractivity contribution in [2.45, 2.75) is 0 Å². The number of carbonyl (C=O) groups excluding carboxylic acids is 2. The molecule has 6 nitrogen and oxygen atoms in total. The molecule has 2 amide bonds. The van der Waals surface area contributed by atoms with Crippen molar-refractivity contribution in [2.75, 3.05) is 23.1 Å². The highest BCUT2D eigenvalue weighted by Gasteiger charge is 2.32. The quantitative estimate of drug-likeness (QED) is 0.452. The maximum atomic E-state index is 13.5. The summed E-state index contributed by atoms with van der Waals surface area (Å²) in [7, 11) is 1.49. The zero-order valence-electron chi connectivity index (χ0n) is 18.0. The molecule has 1 N–H and O–H groups in total. The minimum absolute atomic E-state index is 0.0297.